The third-order valence-corrected chi connectivity index (χ3v) is 3.11. The van der Waals surface area contributed by atoms with E-state index in [9.17, 15) is 14.8 Å². The fourth-order valence-electron chi connectivity index (χ4n) is 2.06. The molecule has 0 spiro atoms. The Morgan fingerprint density at radius 3 is 2.82 bits per heavy atom. The maximum atomic E-state index is 11.6. The van der Waals surface area contributed by atoms with E-state index in [-0.39, 0.29) is 11.5 Å². The van der Waals surface area contributed by atoms with Crippen LogP contribution in [0.1, 0.15) is 23.2 Å². The minimum Gasteiger partial charge on any atom is -0.569 e. The van der Waals surface area contributed by atoms with Crippen molar-refractivity contribution < 1.29 is 29.2 Å². The summed E-state index contributed by atoms with van der Waals surface area (Å²) in [5.41, 5.74) is 0.343. The molecule has 0 aromatic heterocycles. The molecule has 1 heterocycles. The van der Waals surface area contributed by atoms with Crippen molar-refractivity contribution in [3.8, 4) is 0 Å². The van der Waals surface area contributed by atoms with Crippen LogP contribution in [0.2, 0.25) is 0 Å². The molecule has 1 atom stereocenters. The molecule has 0 saturated carbocycles. The van der Waals surface area contributed by atoms with Gasteiger partial charge in [-0.05, 0) is 25.0 Å². The molecule has 1 saturated heterocycles. The lowest BCUT2D eigenvalue weighted by atomic mass is 10.2. The van der Waals surface area contributed by atoms with E-state index in [0.717, 1.165) is 5.01 Å². The third-order valence-electron chi connectivity index (χ3n) is 3.11. The van der Waals surface area contributed by atoms with Gasteiger partial charge < -0.3 is 19.9 Å². The van der Waals surface area contributed by atoms with Gasteiger partial charge in [-0.1, -0.05) is 18.2 Å². The Balaban J connectivity index is 1.80. The number of ether oxygens (including phenoxy) is 1. The molecule has 118 valence electrons. The smallest absolute Gasteiger partial charge is 0.341 e. The zero-order valence-corrected chi connectivity index (χ0v) is 11.6. The number of carboxylic acids is 1. The molecule has 0 aliphatic carbocycles. The third kappa shape index (κ3) is 3.84. The lowest BCUT2D eigenvalue weighted by molar-refractivity contribution is -0.712. The summed E-state index contributed by atoms with van der Waals surface area (Å²) in [6.45, 7) is -0.269. The number of aliphatic carboxylic acids is 1. The van der Waals surface area contributed by atoms with E-state index in [1.54, 1.807) is 30.3 Å². The summed E-state index contributed by atoms with van der Waals surface area (Å²) in [6, 6.07) is 7.34. The Morgan fingerprint density at radius 1 is 1.41 bits per heavy atom. The van der Waals surface area contributed by atoms with Gasteiger partial charge in [0.15, 0.2) is 6.04 Å². The summed E-state index contributed by atoms with van der Waals surface area (Å²) in [5, 5.41) is 24.8. The van der Waals surface area contributed by atoms with Crippen molar-refractivity contribution in [1.29, 1.82) is 0 Å². The van der Waals surface area contributed by atoms with Gasteiger partial charge in [-0.25, -0.2) is 9.59 Å². The highest BCUT2D eigenvalue weighted by molar-refractivity contribution is 5.89. The number of hydrogen-bond donors (Lipinski definition) is 1. The molecule has 0 radical (unpaired) electrons. The van der Waals surface area contributed by atoms with E-state index in [4.69, 9.17) is 9.84 Å². The van der Waals surface area contributed by atoms with E-state index >= 15 is 0 Å². The van der Waals surface area contributed by atoms with Crippen molar-refractivity contribution in [2.45, 2.75) is 18.9 Å². The van der Waals surface area contributed by atoms with E-state index in [0.29, 0.717) is 18.4 Å². The van der Waals surface area contributed by atoms with Gasteiger partial charge in [-0.2, -0.15) is 0 Å². The Kier molecular flexibility index (Phi) is 5.12. The lowest BCUT2D eigenvalue weighted by Gasteiger charge is -2.16. The number of nitrogens with zero attached hydrogens (tertiary/aromatic N) is 3. The summed E-state index contributed by atoms with van der Waals surface area (Å²) >= 11 is 0. The number of carbonyl (C=O) groups is 2. The number of hydrazine groups is 1. The molecule has 9 heteroatoms. The van der Waals surface area contributed by atoms with Gasteiger partial charge in [0.1, 0.15) is 0 Å². The summed E-state index contributed by atoms with van der Waals surface area (Å²) < 4.78 is 4.76. The lowest BCUT2D eigenvalue weighted by Crippen LogP contribution is -2.40. The van der Waals surface area contributed by atoms with Crippen molar-refractivity contribution in [1.82, 2.24) is 5.01 Å². The predicted octanol–water partition coefficient (Wildman–Crippen LogP) is 1.16. The average molecular weight is 309 g/mol. The molecular formula is C13H15N3O6. The minimum atomic E-state index is -1.09. The van der Waals surface area contributed by atoms with Crippen LogP contribution in [0.15, 0.2) is 35.6 Å². The maximum absolute atomic E-state index is 11.6. The van der Waals surface area contributed by atoms with Gasteiger partial charge in [0, 0.05) is 0 Å². The molecular weight excluding hydrogens is 294 g/mol. The number of hydrogen-bond acceptors (Lipinski definition) is 6. The van der Waals surface area contributed by atoms with Crippen molar-refractivity contribution >= 4 is 11.9 Å². The standard InChI is InChI=1S/C13H15N3O6/c17-12(18)11-7-4-8-15(11)16(20)14-22-9-21-13(19)10-5-2-1-3-6-10/h1-3,5-6,11H,4,7-9H2,(H,17,18)/b16-14-/t11-/m0/s1. The summed E-state index contributed by atoms with van der Waals surface area (Å²) in [6.07, 6.45) is 0.945. The molecule has 1 aliphatic rings. The normalized spacial score (nSPS) is 18.1. The average Bonchev–Trinajstić information content (AvgIpc) is 3.02. The van der Waals surface area contributed by atoms with Crippen LogP contribution in [0.4, 0.5) is 0 Å². The Labute approximate surface area is 125 Å². The maximum Gasteiger partial charge on any atom is 0.341 e. The molecule has 1 aromatic rings. The first-order valence-electron chi connectivity index (χ1n) is 6.61. The quantitative estimate of drug-likeness (QED) is 0.209. The van der Waals surface area contributed by atoms with Gasteiger partial charge in [-0.15, -0.1) is 5.01 Å². The Hall–Kier alpha value is -2.84. The molecule has 1 aliphatic heterocycles. The van der Waals surface area contributed by atoms with Crippen molar-refractivity contribution in [3.63, 3.8) is 0 Å². The van der Waals surface area contributed by atoms with Crippen LogP contribution in [0.5, 0.6) is 0 Å². The van der Waals surface area contributed by atoms with E-state index in [2.05, 4.69) is 10.1 Å². The van der Waals surface area contributed by atoms with Crippen molar-refractivity contribution in [2.75, 3.05) is 13.3 Å². The van der Waals surface area contributed by atoms with Crippen LogP contribution < -0.4 is 0 Å². The molecule has 22 heavy (non-hydrogen) atoms. The highest BCUT2D eigenvalue weighted by Gasteiger charge is 2.36. The van der Waals surface area contributed by atoms with Crippen LogP contribution in [-0.4, -0.2) is 46.4 Å². The van der Waals surface area contributed by atoms with E-state index in [1.807, 2.05) is 0 Å². The Bertz CT molecular complexity index is 562. The summed E-state index contributed by atoms with van der Waals surface area (Å²) in [5.74, 6) is -1.71. The zero-order valence-electron chi connectivity index (χ0n) is 11.6. The molecule has 2 rings (SSSR count). The van der Waals surface area contributed by atoms with Crippen LogP contribution >= 0.6 is 0 Å². The second-order valence-corrected chi connectivity index (χ2v) is 4.54. The summed E-state index contributed by atoms with van der Waals surface area (Å²) in [7, 11) is 0. The molecule has 1 N–H and O–H groups in total. The number of esters is 1. The fourth-order valence-corrected chi connectivity index (χ4v) is 2.06. The zero-order chi connectivity index (χ0) is 15.9. The van der Waals surface area contributed by atoms with Crippen LogP contribution in [0.3, 0.4) is 0 Å². The first-order valence-corrected chi connectivity index (χ1v) is 6.61. The van der Waals surface area contributed by atoms with Gasteiger partial charge in [0.25, 0.3) is 6.79 Å². The van der Waals surface area contributed by atoms with Crippen LogP contribution in [0, 0.1) is 5.21 Å². The molecule has 9 nitrogen and oxygen atoms in total. The topological polar surface area (TPSA) is 114 Å². The number of benzene rings is 1. The predicted molar refractivity (Wildman–Crippen MR) is 71.2 cm³/mol. The van der Waals surface area contributed by atoms with E-state index < -0.39 is 24.8 Å². The second-order valence-electron chi connectivity index (χ2n) is 4.54. The fraction of sp³-hybridized carbons (Fsp3) is 0.385. The second kappa shape index (κ2) is 7.25. The molecule has 0 unspecified atom stereocenters. The Morgan fingerprint density at radius 2 is 2.14 bits per heavy atom. The highest BCUT2D eigenvalue weighted by Crippen LogP contribution is 2.17. The van der Waals surface area contributed by atoms with Crippen molar-refractivity contribution in [3.05, 3.63) is 41.1 Å². The van der Waals surface area contributed by atoms with Crippen LogP contribution in [-0.2, 0) is 14.4 Å². The summed E-state index contributed by atoms with van der Waals surface area (Å²) in [4.78, 5) is 27.2. The van der Waals surface area contributed by atoms with E-state index in [1.165, 1.54) is 0 Å². The molecule has 1 aromatic carbocycles. The molecule has 0 amide bonds. The SMILES string of the molecule is O=C(OCO/N=[N+](\[O-])N1CCC[C@H]1C(=O)O)c1ccccc1. The van der Waals surface area contributed by atoms with Gasteiger partial charge in [0.05, 0.1) is 17.1 Å². The largest absolute Gasteiger partial charge is 0.569 e. The van der Waals surface area contributed by atoms with Gasteiger partial charge in [0.2, 0.25) is 5.28 Å². The number of carbonyl (C=O) groups excluding carboxylic acids is 1. The van der Waals surface area contributed by atoms with Crippen LogP contribution in [0.25, 0.3) is 0 Å². The highest BCUT2D eigenvalue weighted by atomic mass is 16.8. The molecule has 1 fully saturated rings. The monoisotopic (exact) mass is 309 g/mol. The first kappa shape index (κ1) is 15.5. The molecule has 0 bridgehead atoms. The number of rotatable bonds is 6. The first-order chi connectivity index (χ1) is 10.6. The van der Waals surface area contributed by atoms with Gasteiger partial charge in [-0.3, -0.25) is 0 Å². The minimum absolute atomic E-state index is 0.0716. The van der Waals surface area contributed by atoms with Crippen molar-refractivity contribution in [2.24, 2.45) is 5.28 Å². The van der Waals surface area contributed by atoms with Gasteiger partial charge >= 0.3 is 11.9 Å². The number of carboxylic acid groups (broad SMARTS) is 1.